The lowest BCUT2D eigenvalue weighted by atomic mass is 10.1. The van der Waals surface area contributed by atoms with Gasteiger partial charge in [-0.05, 0) is 46.0 Å². The van der Waals surface area contributed by atoms with E-state index >= 15 is 0 Å². The van der Waals surface area contributed by atoms with E-state index in [1.165, 1.54) is 12.8 Å². The molecule has 9 heteroatoms. The molecule has 0 aromatic rings. The van der Waals surface area contributed by atoms with Gasteiger partial charge in [0.25, 0.3) is 0 Å². The van der Waals surface area contributed by atoms with Crippen LogP contribution in [0.3, 0.4) is 0 Å². The van der Waals surface area contributed by atoms with E-state index in [2.05, 4.69) is 20.1 Å². The molecule has 8 nitrogen and oxygen atoms in total. The molecule has 0 aliphatic carbocycles. The third-order valence-electron chi connectivity index (χ3n) is 6.24. The van der Waals surface area contributed by atoms with Crippen molar-refractivity contribution in [2.45, 2.75) is 130 Å². The van der Waals surface area contributed by atoms with Crippen molar-refractivity contribution in [1.29, 1.82) is 0 Å². The van der Waals surface area contributed by atoms with Crippen LogP contribution in [0.15, 0.2) is 24.3 Å². The van der Waals surface area contributed by atoms with E-state index in [0.717, 1.165) is 96.3 Å². The minimum absolute atomic E-state index is 0.331. The molecule has 0 aliphatic rings. The molecular formula is C31H57O8P. The Labute approximate surface area is 244 Å². The van der Waals surface area contributed by atoms with Crippen molar-refractivity contribution >= 4 is 19.8 Å². The molecule has 0 amide bonds. The Kier molecular flexibility index (Phi) is 25.5. The van der Waals surface area contributed by atoms with Crippen molar-refractivity contribution in [2.24, 2.45) is 0 Å². The second-order valence-electron chi connectivity index (χ2n) is 10.4. The monoisotopic (exact) mass is 588 g/mol. The molecule has 0 unspecified atom stereocenters. The first-order valence-electron chi connectivity index (χ1n) is 15.4. The van der Waals surface area contributed by atoms with Crippen LogP contribution in [0.1, 0.15) is 130 Å². The predicted molar refractivity (Wildman–Crippen MR) is 161 cm³/mol. The lowest BCUT2D eigenvalue weighted by molar-refractivity contribution is -0.139. The first-order valence-corrected chi connectivity index (χ1v) is 16.9. The highest BCUT2D eigenvalue weighted by molar-refractivity contribution is 7.48. The fourth-order valence-electron chi connectivity index (χ4n) is 3.75. The largest absolute Gasteiger partial charge is 0.474 e. The smallest absolute Gasteiger partial charge is 0.462 e. The zero-order chi connectivity index (χ0) is 29.9. The highest BCUT2D eigenvalue weighted by Gasteiger charge is 2.26. The summed E-state index contributed by atoms with van der Waals surface area (Å²) in [5, 5.41) is 0. The van der Waals surface area contributed by atoms with Crippen LogP contribution < -0.4 is 0 Å². The molecule has 0 heterocycles. The van der Waals surface area contributed by atoms with Gasteiger partial charge < -0.3 is 9.47 Å². The summed E-state index contributed by atoms with van der Waals surface area (Å²) >= 11 is 0. The molecule has 40 heavy (non-hydrogen) atoms. The minimum Gasteiger partial charge on any atom is -0.462 e. The molecule has 0 saturated carbocycles. The molecule has 0 aromatic heterocycles. The first kappa shape index (κ1) is 38.5. The maximum absolute atomic E-state index is 13.2. The molecule has 0 rings (SSSR count). The number of esters is 2. The lowest BCUT2D eigenvalue weighted by Gasteiger charge is -2.18. The Morgan fingerprint density at radius 1 is 0.500 bits per heavy atom. The van der Waals surface area contributed by atoms with Gasteiger partial charge in [0.15, 0.2) is 0 Å². The average molecular weight is 589 g/mol. The van der Waals surface area contributed by atoms with Crippen molar-refractivity contribution in [1.82, 2.24) is 0 Å². The highest BCUT2D eigenvalue weighted by Crippen LogP contribution is 2.50. The number of hydrogen-bond donors (Lipinski definition) is 0. The fourth-order valence-corrected chi connectivity index (χ4v) is 5.03. The Morgan fingerprint density at radius 2 is 0.775 bits per heavy atom. The number of phosphoric acid groups is 1. The molecule has 0 aromatic carbocycles. The van der Waals surface area contributed by atoms with Crippen molar-refractivity contribution < 1.29 is 37.2 Å². The summed E-state index contributed by atoms with van der Waals surface area (Å²) in [6, 6.07) is 0. The topological polar surface area (TPSA) is 97.4 Å². The maximum Gasteiger partial charge on any atom is 0.474 e. The molecule has 0 bridgehead atoms. The summed E-state index contributed by atoms with van der Waals surface area (Å²) in [5.74, 6) is -0.662. The zero-order valence-electron chi connectivity index (χ0n) is 25.7. The third-order valence-corrected chi connectivity index (χ3v) is 7.73. The maximum atomic E-state index is 13.2. The number of carbonyl (C=O) groups excluding carboxylic acids is 2. The summed E-state index contributed by atoms with van der Waals surface area (Å²) in [6.07, 6.45) is 16.8. The number of hydrogen-bond acceptors (Lipinski definition) is 8. The van der Waals surface area contributed by atoms with Gasteiger partial charge in [0.05, 0.1) is 33.0 Å². The van der Waals surface area contributed by atoms with Crippen LogP contribution in [0, 0.1) is 0 Å². The highest BCUT2D eigenvalue weighted by atomic mass is 31.2. The van der Waals surface area contributed by atoms with E-state index in [1.54, 1.807) is 13.8 Å². The first-order chi connectivity index (χ1) is 19.2. The van der Waals surface area contributed by atoms with Crippen LogP contribution in [0.4, 0.5) is 0 Å². The van der Waals surface area contributed by atoms with Gasteiger partial charge in [-0.2, -0.15) is 0 Å². The van der Waals surface area contributed by atoms with Gasteiger partial charge in [-0.25, -0.2) is 14.2 Å². The molecule has 0 aliphatic heterocycles. The molecule has 0 N–H and O–H groups in total. The van der Waals surface area contributed by atoms with Crippen molar-refractivity contribution in [3.8, 4) is 0 Å². The Balaban J connectivity index is 4.08. The van der Waals surface area contributed by atoms with Crippen molar-refractivity contribution in [3.05, 3.63) is 24.3 Å². The fraction of sp³-hybridized carbons (Fsp3) is 0.806. The number of unbranched alkanes of at least 4 members (excludes halogenated alkanes) is 14. The van der Waals surface area contributed by atoms with Crippen molar-refractivity contribution in [3.63, 3.8) is 0 Å². The van der Waals surface area contributed by atoms with E-state index in [4.69, 9.17) is 23.0 Å². The van der Waals surface area contributed by atoms with E-state index in [1.807, 2.05) is 0 Å². The Morgan fingerprint density at radius 3 is 1.07 bits per heavy atom. The van der Waals surface area contributed by atoms with Crippen LogP contribution in [-0.2, 0) is 37.2 Å². The van der Waals surface area contributed by atoms with Crippen LogP contribution in [0.2, 0.25) is 0 Å². The number of ether oxygens (including phenoxy) is 2. The van der Waals surface area contributed by atoms with Crippen molar-refractivity contribution in [2.75, 3.05) is 33.0 Å². The van der Waals surface area contributed by atoms with Crippen LogP contribution in [0.5, 0.6) is 0 Å². The summed E-state index contributed by atoms with van der Waals surface area (Å²) < 4.78 is 40.3. The summed E-state index contributed by atoms with van der Waals surface area (Å²) in [6.45, 7) is 14.5. The minimum atomic E-state index is -3.56. The SMILES string of the molecule is C=C(C)C(=O)OCCCCCCCCOP(=O)(OCCCCCCC)OCCCCCCCCOC(=O)C(=C)C. The second-order valence-corrected chi connectivity index (χ2v) is 12.1. The lowest BCUT2D eigenvalue weighted by Crippen LogP contribution is -2.06. The van der Waals surface area contributed by atoms with Crippen LogP contribution in [0.25, 0.3) is 0 Å². The van der Waals surface area contributed by atoms with Gasteiger partial charge >= 0.3 is 19.8 Å². The molecule has 0 fully saturated rings. The van der Waals surface area contributed by atoms with Gasteiger partial charge in [0.2, 0.25) is 0 Å². The normalized spacial score (nSPS) is 11.4. The molecule has 0 spiro atoms. The van der Waals surface area contributed by atoms with Gasteiger partial charge in [0.1, 0.15) is 0 Å². The van der Waals surface area contributed by atoms with Gasteiger partial charge in [-0.3, -0.25) is 13.6 Å². The quantitative estimate of drug-likeness (QED) is 0.0369. The summed E-state index contributed by atoms with van der Waals surface area (Å²) in [5.41, 5.74) is 0.850. The van der Waals surface area contributed by atoms with E-state index in [9.17, 15) is 14.2 Å². The average Bonchev–Trinajstić information content (AvgIpc) is 2.92. The van der Waals surface area contributed by atoms with E-state index in [0.29, 0.717) is 44.2 Å². The molecule has 0 atom stereocenters. The number of phosphoric ester groups is 1. The molecule has 0 saturated heterocycles. The number of rotatable bonds is 29. The molecular weight excluding hydrogens is 531 g/mol. The van der Waals surface area contributed by atoms with Gasteiger partial charge in [0, 0.05) is 11.1 Å². The summed E-state index contributed by atoms with van der Waals surface area (Å²) in [4.78, 5) is 22.7. The molecule has 0 radical (unpaired) electrons. The standard InChI is InChI=1S/C31H57O8P/c1-6-7-8-13-20-25-37-40(34,38-26-21-16-11-9-14-18-23-35-30(32)28(2)3)39-27-22-17-12-10-15-19-24-36-31(33)29(4)5/h2,4,6-27H2,1,3,5H3. The van der Waals surface area contributed by atoms with Gasteiger partial charge in [-0.1, -0.05) is 97.1 Å². The second kappa shape index (κ2) is 26.4. The third kappa shape index (κ3) is 24.3. The number of carbonyl (C=O) groups is 2. The zero-order valence-corrected chi connectivity index (χ0v) is 26.6. The molecule has 234 valence electrons. The van der Waals surface area contributed by atoms with Gasteiger partial charge in [-0.15, -0.1) is 0 Å². The van der Waals surface area contributed by atoms with E-state index < -0.39 is 7.82 Å². The Hall–Kier alpha value is -1.47. The van der Waals surface area contributed by atoms with E-state index in [-0.39, 0.29) is 11.9 Å². The van der Waals surface area contributed by atoms with Crippen LogP contribution >= 0.6 is 7.82 Å². The van der Waals surface area contributed by atoms with Crippen LogP contribution in [-0.4, -0.2) is 45.0 Å². The predicted octanol–water partition coefficient (Wildman–Crippen LogP) is 9.03. The Bertz CT molecular complexity index is 687. The summed E-state index contributed by atoms with van der Waals surface area (Å²) in [7, 11) is -3.56.